The van der Waals surface area contributed by atoms with Crippen LogP contribution in [0.4, 0.5) is 0 Å². The highest BCUT2D eigenvalue weighted by atomic mass is 32.1. The summed E-state index contributed by atoms with van der Waals surface area (Å²) in [5.74, 6) is 0.505. The summed E-state index contributed by atoms with van der Waals surface area (Å²) >= 11 is 5.68. The van der Waals surface area contributed by atoms with E-state index in [1.807, 2.05) is 109 Å². The molecule has 0 amide bonds. The Morgan fingerprint density at radius 1 is 0.769 bits per heavy atom. The summed E-state index contributed by atoms with van der Waals surface area (Å²) in [5, 5.41) is -0.347. The molecule has 1 aliphatic heterocycles. The van der Waals surface area contributed by atoms with Gasteiger partial charge >= 0.3 is 10.9 Å². The Morgan fingerprint density at radius 3 is 1.75 bits per heavy atom. The number of hydrogen-bond acceptors (Lipinski definition) is 8. The minimum Gasteiger partial charge on any atom is -0.447 e. The second-order valence-electron chi connectivity index (χ2n) is 14.3. The van der Waals surface area contributed by atoms with Gasteiger partial charge in [-0.3, -0.25) is 14.3 Å². The minimum atomic E-state index is -2.56. The van der Waals surface area contributed by atoms with Gasteiger partial charge in [-0.1, -0.05) is 130 Å². The number of hydrogen-bond donors (Lipinski definition) is 1. The number of thiocarbonyl (C=S) groups is 1. The van der Waals surface area contributed by atoms with Crippen molar-refractivity contribution in [1.82, 2.24) is 9.55 Å². The molecule has 0 bridgehead atoms. The summed E-state index contributed by atoms with van der Waals surface area (Å²) in [7, 11) is -2.56. The molecular formula is C41H44N2O7SSi. The SMILES string of the molecule is CC(C)(C)[Si](C)(C)O[C@H]1[C@@H](OC(=S)Oc2ccccc2)[C@@H](COC(c2ccccc2)(c2ccccc2)c2ccccc2)O[C@H]1n1ccc(=O)[nH]c1=O. The Balaban J connectivity index is 1.46. The average molecular weight is 737 g/mol. The molecule has 270 valence electrons. The van der Waals surface area contributed by atoms with Crippen molar-refractivity contribution in [2.75, 3.05) is 6.61 Å². The fraction of sp³-hybridized carbons (Fsp3) is 0.293. The largest absolute Gasteiger partial charge is 0.447 e. The quantitative estimate of drug-likeness (QED) is 0.0842. The van der Waals surface area contributed by atoms with Crippen LogP contribution in [-0.4, -0.2) is 48.0 Å². The summed E-state index contributed by atoms with van der Waals surface area (Å²) in [6.45, 7) is 10.6. The van der Waals surface area contributed by atoms with E-state index in [0.717, 1.165) is 16.7 Å². The van der Waals surface area contributed by atoms with Crippen molar-refractivity contribution in [2.45, 2.75) is 69.0 Å². The molecule has 1 N–H and O–H groups in total. The molecule has 9 nitrogen and oxygen atoms in total. The van der Waals surface area contributed by atoms with Gasteiger partial charge in [0.05, 0.1) is 6.61 Å². The zero-order valence-corrected chi connectivity index (χ0v) is 31.7. The van der Waals surface area contributed by atoms with Gasteiger partial charge in [0.2, 0.25) is 0 Å². The fourth-order valence-corrected chi connectivity index (χ4v) is 7.67. The molecule has 0 saturated carbocycles. The lowest BCUT2D eigenvalue weighted by Crippen LogP contribution is -2.51. The molecule has 1 aliphatic rings. The summed E-state index contributed by atoms with van der Waals surface area (Å²) in [6, 6.07) is 40.5. The van der Waals surface area contributed by atoms with Crippen molar-refractivity contribution in [3.8, 4) is 5.75 Å². The van der Waals surface area contributed by atoms with Gasteiger partial charge in [-0.15, -0.1) is 0 Å². The second-order valence-corrected chi connectivity index (χ2v) is 19.4. The minimum absolute atomic E-state index is 0.0106. The summed E-state index contributed by atoms with van der Waals surface area (Å²) in [6.07, 6.45) is -2.17. The summed E-state index contributed by atoms with van der Waals surface area (Å²) < 4.78 is 34.8. The van der Waals surface area contributed by atoms with Crippen LogP contribution in [0, 0.1) is 0 Å². The topological polar surface area (TPSA) is 101 Å². The van der Waals surface area contributed by atoms with E-state index in [0.29, 0.717) is 5.75 Å². The van der Waals surface area contributed by atoms with Gasteiger partial charge in [0, 0.05) is 24.5 Å². The Hall–Kier alpha value is -4.65. The Labute approximate surface area is 310 Å². The van der Waals surface area contributed by atoms with E-state index in [-0.39, 0.29) is 16.9 Å². The molecule has 1 fully saturated rings. The average Bonchev–Trinajstić information content (AvgIpc) is 3.44. The van der Waals surface area contributed by atoms with E-state index >= 15 is 0 Å². The molecule has 1 aromatic heterocycles. The molecule has 4 atom stereocenters. The maximum Gasteiger partial charge on any atom is 0.358 e. The predicted molar refractivity (Wildman–Crippen MR) is 207 cm³/mol. The van der Waals surface area contributed by atoms with Gasteiger partial charge in [0.25, 0.3) is 5.56 Å². The Bertz CT molecular complexity index is 1960. The van der Waals surface area contributed by atoms with Crippen molar-refractivity contribution in [1.29, 1.82) is 0 Å². The number of nitrogens with one attached hydrogen (secondary N) is 1. The predicted octanol–water partition coefficient (Wildman–Crippen LogP) is 7.58. The van der Waals surface area contributed by atoms with Crippen molar-refractivity contribution >= 4 is 25.8 Å². The van der Waals surface area contributed by atoms with Crippen LogP contribution in [0.3, 0.4) is 0 Å². The second kappa shape index (κ2) is 15.5. The lowest BCUT2D eigenvalue weighted by Gasteiger charge is -2.40. The number of aromatic amines is 1. The van der Waals surface area contributed by atoms with Crippen LogP contribution in [-0.2, 0) is 24.2 Å². The van der Waals surface area contributed by atoms with Crippen molar-refractivity contribution in [3.63, 3.8) is 0 Å². The number of ether oxygens (including phenoxy) is 4. The normalized spacial score (nSPS) is 19.2. The molecule has 0 unspecified atom stereocenters. The smallest absolute Gasteiger partial charge is 0.358 e. The van der Waals surface area contributed by atoms with E-state index in [1.165, 1.54) is 16.8 Å². The van der Waals surface area contributed by atoms with Crippen LogP contribution in [0.25, 0.3) is 0 Å². The first-order chi connectivity index (χ1) is 24.9. The monoisotopic (exact) mass is 736 g/mol. The number of aromatic nitrogens is 2. The number of benzene rings is 4. The fourth-order valence-electron chi connectivity index (χ4n) is 6.17. The number of nitrogens with zero attached hydrogens (tertiary/aromatic N) is 1. The highest BCUT2D eigenvalue weighted by Crippen LogP contribution is 2.45. The third-order valence-corrected chi connectivity index (χ3v) is 14.5. The van der Waals surface area contributed by atoms with Crippen LogP contribution in [0.5, 0.6) is 5.75 Å². The molecule has 0 radical (unpaired) electrons. The van der Waals surface area contributed by atoms with E-state index in [9.17, 15) is 9.59 Å². The van der Waals surface area contributed by atoms with E-state index in [4.69, 9.17) is 35.6 Å². The number of para-hydroxylation sites is 1. The maximum atomic E-state index is 13.3. The van der Waals surface area contributed by atoms with E-state index < -0.39 is 49.7 Å². The molecule has 2 heterocycles. The number of H-pyrrole nitrogens is 1. The molecule has 4 aromatic carbocycles. The lowest BCUT2D eigenvalue weighted by atomic mass is 9.80. The van der Waals surface area contributed by atoms with E-state index in [2.05, 4.69) is 38.8 Å². The van der Waals surface area contributed by atoms with Crippen LogP contribution in [0.1, 0.15) is 43.7 Å². The standard InChI is InChI=1S/C41H44N2O7SSi/c1-40(2,3)52(4,5)50-36-35(49-39(51)47-32-24-16-9-17-25-32)33(48-37(36)43-27-26-34(44)42-38(43)45)28-46-41(29-18-10-6-11-19-29,30-20-12-7-13-21-30)31-22-14-8-15-23-31/h6-27,33,35-37H,28H2,1-5H3,(H,42,44,45)/t33-,35+,36+,37-/m1/s1. The van der Waals surface area contributed by atoms with Crippen molar-refractivity contribution in [3.05, 3.63) is 171 Å². The molecule has 0 aliphatic carbocycles. The summed E-state index contributed by atoms with van der Waals surface area (Å²) in [5.41, 5.74) is 0.498. The van der Waals surface area contributed by atoms with Crippen LogP contribution >= 0.6 is 12.2 Å². The molecular weight excluding hydrogens is 693 g/mol. The Kier molecular flexibility index (Phi) is 11.1. The number of rotatable bonds is 11. The molecule has 5 aromatic rings. The third-order valence-electron chi connectivity index (χ3n) is 9.83. The first-order valence-electron chi connectivity index (χ1n) is 17.3. The van der Waals surface area contributed by atoms with Gasteiger partial charge in [-0.2, -0.15) is 0 Å². The maximum absolute atomic E-state index is 13.3. The van der Waals surface area contributed by atoms with Crippen LogP contribution in [0.15, 0.2) is 143 Å². The third kappa shape index (κ3) is 7.89. The van der Waals surface area contributed by atoms with Gasteiger partial charge in [-0.25, -0.2) is 4.79 Å². The van der Waals surface area contributed by atoms with E-state index in [1.54, 1.807) is 12.1 Å². The first-order valence-corrected chi connectivity index (χ1v) is 20.6. The van der Waals surface area contributed by atoms with Gasteiger partial charge < -0.3 is 23.4 Å². The van der Waals surface area contributed by atoms with Crippen molar-refractivity contribution < 1.29 is 23.4 Å². The molecule has 52 heavy (non-hydrogen) atoms. The highest BCUT2D eigenvalue weighted by Gasteiger charge is 2.54. The lowest BCUT2D eigenvalue weighted by molar-refractivity contribution is -0.0952. The van der Waals surface area contributed by atoms with Crippen LogP contribution < -0.4 is 16.0 Å². The highest BCUT2D eigenvalue weighted by molar-refractivity contribution is 7.79. The van der Waals surface area contributed by atoms with Crippen molar-refractivity contribution in [2.24, 2.45) is 0 Å². The molecule has 6 rings (SSSR count). The first kappa shape index (κ1) is 37.1. The van der Waals surface area contributed by atoms with Gasteiger partial charge in [0.1, 0.15) is 23.6 Å². The van der Waals surface area contributed by atoms with Gasteiger partial charge in [0.15, 0.2) is 20.6 Å². The Morgan fingerprint density at radius 2 is 1.27 bits per heavy atom. The molecule has 11 heteroatoms. The summed E-state index contributed by atoms with van der Waals surface area (Å²) in [4.78, 5) is 27.9. The molecule has 0 spiro atoms. The zero-order chi connectivity index (χ0) is 36.9. The van der Waals surface area contributed by atoms with Crippen LogP contribution in [0.2, 0.25) is 18.1 Å². The molecule has 1 saturated heterocycles. The van der Waals surface area contributed by atoms with Gasteiger partial charge in [-0.05, 0) is 47.0 Å². The zero-order valence-electron chi connectivity index (χ0n) is 29.9.